The van der Waals surface area contributed by atoms with Gasteiger partial charge in [0.25, 0.3) is 5.91 Å². The molecule has 5 nitrogen and oxygen atoms in total. The average Bonchev–Trinajstić information content (AvgIpc) is 3.26. The van der Waals surface area contributed by atoms with E-state index in [9.17, 15) is 4.79 Å². The Labute approximate surface area is 149 Å². The van der Waals surface area contributed by atoms with E-state index in [1.807, 2.05) is 72.3 Å². The molecule has 0 bridgehead atoms. The van der Waals surface area contributed by atoms with Crippen molar-refractivity contribution in [3.63, 3.8) is 0 Å². The molecule has 1 amide bonds. The maximum absolute atomic E-state index is 12.5. The zero-order valence-electron chi connectivity index (χ0n) is 13.6. The van der Waals surface area contributed by atoms with Gasteiger partial charge in [0, 0.05) is 23.5 Å². The van der Waals surface area contributed by atoms with E-state index in [4.69, 9.17) is 0 Å². The van der Waals surface area contributed by atoms with Crippen LogP contribution in [-0.4, -0.2) is 20.7 Å². The molecule has 25 heavy (non-hydrogen) atoms. The van der Waals surface area contributed by atoms with Crippen LogP contribution in [0.2, 0.25) is 0 Å². The van der Waals surface area contributed by atoms with Gasteiger partial charge in [0.15, 0.2) is 0 Å². The first-order valence-electron chi connectivity index (χ1n) is 7.93. The summed E-state index contributed by atoms with van der Waals surface area (Å²) in [6.45, 7) is 0.366. The van der Waals surface area contributed by atoms with Crippen molar-refractivity contribution in [2.45, 2.75) is 6.54 Å². The minimum absolute atomic E-state index is 0.116. The Kier molecular flexibility index (Phi) is 4.03. The highest BCUT2D eigenvalue weighted by atomic mass is 32.1. The third kappa shape index (κ3) is 3.04. The molecule has 0 saturated carbocycles. The standard InChI is InChI=1S/C19H16N4OS/c1-23-15-10-6-5-9-14(15)11-16(23)18(24)20-12-17-21-22-19(25-17)13-7-3-2-4-8-13/h2-11H,12H2,1H3,(H,20,24). The van der Waals surface area contributed by atoms with Gasteiger partial charge in [-0.3, -0.25) is 4.79 Å². The fourth-order valence-corrected chi connectivity index (χ4v) is 3.56. The molecule has 0 atom stereocenters. The number of hydrogen-bond donors (Lipinski definition) is 1. The van der Waals surface area contributed by atoms with E-state index >= 15 is 0 Å². The maximum Gasteiger partial charge on any atom is 0.268 e. The number of carbonyl (C=O) groups is 1. The molecule has 0 aliphatic carbocycles. The van der Waals surface area contributed by atoms with Crippen LogP contribution in [0, 0.1) is 0 Å². The van der Waals surface area contributed by atoms with Crippen LogP contribution in [0.15, 0.2) is 60.7 Å². The van der Waals surface area contributed by atoms with E-state index in [0.29, 0.717) is 12.2 Å². The van der Waals surface area contributed by atoms with Crippen LogP contribution in [0.5, 0.6) is 0 Å². The molecule has 0 aliphatic heterocycles. The summed E-state index contributed by atoms with van der Waals surface area (Å²) in [7, 11) is 1.90. The molecule has 4 aromatic rings. The number of aromatic nitrogens is 3. The van der Waals surface area contributed by atoms with Crippen LogP contribution in [0.1, 0.15) is 15.5 Å². The van der Waals surface area contributed by atoms with Crippen LogP contribution in [-0.2, 0) is 13.6 Å². The Balaban J connectivity index is 1.48. The van der Waals surface area contributed by atoms with E-state index in [1.54, 1.807) is 0 Å². The van der Waals surface area contributed by atoms with Gasteiger partial charge in [0.05, 0.1) is 6.54 Å². The largest absolute Gasteiger partial charge is 0.344 e. The summed E-state index contributed by atoms with van der Waals surface area (Å²) >= 11 is 1.49. The topological polar surface area (TPSA) is 59.8 Å². The highest BCUT2D eigenvalue weighted by Gasteiger charge is 2.14. The van der Waals surface area contributed by atoms with Gasteiger partial charge in [-0.1, -0.05) is 59.9 Å². The first-order valence-corrected chi connectivity index (χ1v) is 8.74. The Morgan fingerprint density at radius 1 is 1.08 bits per heavy atom. The van der Waals surface area contributed by atoms with Gasteiger partial charge in [0.2, 0.25) is 0 Å². The molecule has 0 spiro atoms. The molecule has 4 rings (SSSR count). The van der Waals surface area contributed by atoms with Crippen molar-refractivity contribution < 1.29 is 4.79 Å². The van der Waals surface area contributed by atoms with Crippen molar-refractivity contribution in [2.24, 2.45) is 7.05 Å². The zero-order valence-corrected chi connectivity index (χ0v) is 14.5. The van der Waals surface area contributed by atoms with Crippen LogP contribution in [0.4, 0.5) is 0 Å². The number of fused-ring (bicyclic) bond motifs is 1. The lowest BCUT2D eigenvalue weighted by Gasteiger charge is -2.04. The van der Waals surface area contributed by atoms with Crippen molar-refractivity contribution >= 4 is 28.1 Å². The van der Waals surface area contributed by atoms with Gasteiger partial charge in [-0.25, -0.2) is 0 Å². The molecule has 2 aromatic heterocycles. The van der Waals surface area contributed by atoms with E-state index in [-0.39, 0.29) is 5.91 Å². The third-order valence-corrected chi connectivity index (χ3v) is 5.04. The molecular formula is C19H16N4OS. The summed E-state index contributed by atoms with van der Waals surface area (Å²) in [5.41, 5.74) is 2.70. The number of carbonyl (C=O) groups excluding carboxylic acids is 1. The van der Waals surface area contributed by atoms with Gasteiger partial charge in [-0.15, -0.1) is 10.2 Å². The lowest BCUT2D eigenvalue weighted by molar-refractivity contribution is 0.0943. The summed E-state index contributed by atoms with van der Waals surface area (Å²) in [6.07, 6.45) is 0. The van der Waals surface area contributed by atoms with E-state index < -0.39 is 0 Å². The van der Waals surface area contributed by atoms with Crippen molar-refractivity contribution in [2.75, 3.05) is 0 Å². The fraction of sp³-hybridized carbons (Fsp3) is 0.105. The van der Waals surface area contributed by atoms with Crippen molar-refractivity contribution in [3.05, 3.63) is 71.4 Å². The second kappa shape index (κ2) is 6.49. The lowest BCUT2D eigenvalue weighted by Crippen LogP contribution is -2.24. The van der Waals surface area contributed by atoms with Crippen molar-refractivity contribution in [1.29, 1.82) is 0 Å². The number of para-hydroxylation sites is 1. The number of nitrogens with one attached hydrogen (secondary N) is 1. The van der Waals surface area contributed by atoms with Crippen LogP contribution in [0.25, 0.3) is 21.5 Å². The minimum atomic E-state index is -0.116. The maximum atomic E-state index is 12.5. The summed E-state index contributed by atoms with van der Waals surface area (Å²) in [4.78, 5) is 12.5. The third-order valence-electron chi connectivity index (χ3n) is 4.07. The Morgan fingerprint density at radius 2 is 1.84 bits per heavy atom. The van der Waals surface area contributed by atoms with Gasteiger partial charge in [-0.2, -0.15) is 0 Å². The number of benzene rings is 2. The van der Waals surface area contributed by atoms with E-state index in [0.717, 1.165) is 26.5 Å². The monoisotopic (exact) mass is 348 g/mol. The average molecular weight is 348 g/mol. The highest BCUT2D eigenvalue weighted by Crippen LogP contribution is 2.23. The van der Waals surface area contributed by atoms with E-state index in [1.165, 1.54) is 11.3 Å². The Bertz CT molecular complexity index is 1040. The van der Waals surface area contributed by atoms with Gasteiger partial charge < -0.3 is 9.88 Å². The predicted molar refractivity (Wildman–Crippen MR) is 99.4 cm³/mol. The summed E-state index contributed by atoms with van der Waals surface area (Å²) in [5, 5.41) is 14.0. The summed E-state index contributed by atoms with van der Waals surface area (Å²) in [5.74, 6) is -0.116. The second-order valence-corrected chi connectivity index (χ2v) is 6.76. The van der Waals surface area contributed by atoms with Gasteiger partial charge >= 0.3 is 0 Å². The second-order valence-electron chi connectivity index (χ2n) is 5.70. The summed E-state index contributed by atoms with van der Waals surface area (Å²) in [6, 6.07) is 19.8. The van der Waals surface area contributed by atoms with Crippen LogP contribution >= 0.6 is 11.3 Å². The zero-order chi connectivity index (χ0) is 17.2. The number of nitrogens with zero attached hydrogens (tertiary/aromatic N) is 3. The molecule has 6 heteroatoms. The lowest BCUT2D eigenvalue weighted by atomic mass is 10.2. The Morgan fingerprint density at radius 3 is 2.64 bits per heavy atom. The first-order chi connectivity index (χ1) is 12.2. The Hall–Kier alpha value is -2.99. The molecular weight excluding hydrogens is 332 g/mol. The molecule has 0 aliphatic rings. The molecule has 0 fully saturated rings. The smallest absolute Gasteiger partial charge is 0.268 e. The van der Waals surface area contributed by atoms with E-state index in [2.05, 4.69) is 15.5 Å². The number of hydrogen-bond acceptors (Lipinski definition) is 4. The van der Waals surface area contributed by atoms with Crippen molar-refractivity contribution in [1.82, 2.24) is 20.1 Å². The van der Waals surface area contributed by atoms with Gasteiger partial charge in [0.1, 0.15) is 15.7 Å². The normalized spacial score (nSPS) is 10.9. The fourth-order valence-electron chi connectivity index (χ4n) is 2.78. The minimum Gasteiger partial charge on any atom is -0.344 e. The number of rotatable bonds is 4. The van der Waals surface area contributed by atoms with Crippen LogP contribution in [0.3, 0.4) is 0 Å². The van der Waals surface area contributed by atoms with Gasteiger partial charge in [-0.05, 0) is 12.1 Å². The molecule has 0 unspecified atom stereocenters. The predicted octanol–water partition coefficient (Wildman–Crippen LogP) is 3.63. The highest BCUT2D eigenvalue weighted by molar-refractivity contribution is 7.14. The number of amides is 1. The molecule has 2 heterocycles. The first kappa shape index (κ1) is 15.5. The SMILES string of the molecule is Cn1c(C(=O)NCc2nnc(-c3ccccc3)s2)cc2ccccc21. The molecule has 124 valence electrons. The molecule has 1 N–H and O–H groups in total. The van der Waals surface area contributed by atoms with Crippen molar-refractivity contribution in [3.8, 4) is 10.6 Å². The summed E-state index contributed by atoms with van der Waals surface area (Å²) < 4.78 is 1.90. The molecule has 0 saturated heterocycles. The quantitative estimate of drug-likeness (QED) is 0.613. The molecule has 0 radical (unpaired) electrons. The van der Waals surface area contributed by atoms with Crippen LogP contribution < -0.4 is 5.32 Å². The molecule has 2 aromatic carbocycles. The number of aryl methyl sites for hydroxylation is 1.